The molecule has 1 N–H and O–H groups in total. The first kappa shape index (κ1) is 23.1. The van der Waals surface area contributed by atoms with Crippen LogP contribution in [0.5, 0.6) is 5.75 Å². The van der Waals surface area contributed by atoms with Gasteiger partial charge >= 0.3 is 4.87 Å². The summed E-state index contributed by atoms with van der Waals surface area (Å²) in [6.45, 7) is 2.39. The lowest BCUT2D eigenvalue weighted by Gasteiger charge is -2.34. The number of nitrogens with one attached hydrogen (secondary N) is 1. The number of ether oxygens (including phenoxy) is 1. The van der Waals surface area contributed by atoms with Crippen molar-refractivity contribution in [2.45, 2.75) is 17.7 Å². The van der Waals surface area contributed by atoms with E-state index in [9.17, 15) is 22.4 Å². The predicted molar refractivity (Wildman–Crippen MR) is 122 cm³/mol. The molecule has 0 unspecified atom stereocenters. The van der Waals surface area contributed by atoms with Crippen molar-refractivity contribution in [2.24, 2.45) is 0 Å². The molecule has 1 fully saturated rings. The Hall–Kier alpha value is -3.02. The van der Waals surface area contributed by atoms with Crippen LogP contribution in [0.25, 0.3) is 0 Å². The Morgan fingerprint density at radius 3 is 2.39 bits per heavy atom. The van der Waals surface area contributed by atoms with Crippen molar-refractivity contribution in [2.75, 3.05) is 26.2 Å². The first-order valence-electron chi connectivity index (χ1n) is 10.2. The van der Waals surface area contributed by atoms with Crippen molar-refractivity contribution in [3.05, 3.63) is 80.8 Å². The summed E-state index contributed by atoms with van der Waals surface area (Å²) in [5.41, 5.74) is 1.45. The maximum Gasteiger partial charge on any atom is 0.305 e. The van der Waals surface area contributed by atoms with Crippen molar-refractivity contribution in [3.8, 4) is 5.75 Å². The summed E-state index contributed by atoms with van der Waals surface area (Å²) >= 11 is 0.667. The zero-order chi connectivity index (χ0) is 23.6. The van der Waals surface area contributed by atoms with Gasteiger partial charge in [0.25, 0.3) is 15.9 Å². The third-order valence-corrected chi connectivity index (χ3v) is 8.79. The van der Waals surface area contributed by atoms with Crippen LogP contribution in [0.4, 0.5) is 4.39 Å². The van der Waals surface area contributed by atoms with Gasteiger partial charge in [0.2, 0.25) is 0 Å². The van der Waals surface area contributed by atoms with E-state index in [0.717, 1.165) is 5.56 Å². The Bertz CT molecular complexity index is 1310. The number of aromatic nitrogens is 1. The fourth-order valence-corrected chi connectivity index (χ4v) is 6.42. The van der Waals surface area contributed by atoms with E-state index >= 15 is 0 Å². The van der Waals surface area contributed by atoms with Crippen LogP contribution in [0, 0.1) is 12.7 Å². The van der Waals surface area contributed by atoms with Crippen molar-refractivity contribution < 1.29 is 22.3 Å². The van der Waals surface area contributed by atoms with Crippen LogP contribution in [0.2, 0.25) is 0 Å². The van der Waals surface area contributed by atoms with E-state index in [-0.39, 0.29) is 48.7 Å². The van der Waals surface area contributed by atoms with Crippen LogP contribution in [0.1, 0.15) is 21.6 Å². The monoisotopic (exact) mass is 491 g/mol. The fraction of sp³-hybridized carbons (Fsp3) is 0.273. The highest BCUT2D eigenvalue weighted by Crippen LogP contribution is 2.25. The number of sulfonamides is 1. The number of amides is 1. The summed E-state index contributed by atoms with van der Waals surface area (Å²) in [7, 11) is -3.80. The van der Waals surface area contributed by atoms with E-state index < -0.39 is 14.9 Å². The summed E-state index contributed by atoms with van der Waals surface area (Å²) in [5.74, 6) is -0.199. The van der Waals surface area contributed by atoms with Gasteiger partial charge in [-0.25, -0.2) is 12.8 Å². The van der Waals surface area contributed by atoms with Crippen LogP contribution in [-0.4, -0.2) is 54.7 Å². The van der Waals surface area contributed by atoms with Gasteiger partial charge in [0.15, 0.2) is 4.21 Å². The number of benzene rings is 2. The topological polar surface area (TPSA) is 99.8 Å². The number of nitrogens with zero attached hydrogens (tertiary/aromatic N) is 2. The standard InChI is InChI=1S/C22H22FN3O5S2/c1-15-21(32-22(28)24-15)33(29,30)26-12-10-25(11-13-26)20(27)18-4-2-3-5-19(18)31-14-16-6-8-17(23)9-7-16/h2-9H,10-14H2,1H3,(H,24,28). The van der Waals surface area contributed by atoms with Gasteiger partial charge in [-0.15, -0.1) is 0 Å². The molecular formula is C22H22FN3O5S2. The lowest BCUT2D eigenvalue weighted by molar-refractivity contribution is 0.0693. The molecule has 2 heterocycles. The average molecular weight is 492 g/mol. The van der Waals surface area contributed by atoms with Gasteiger partial charge in [-0.05, 0) is 36.8 Å². The molecule has 0 radical (unpaired) electrons. The normalized spacial score (nSPS) is 14.9. The number of carbonyl (C=O) groups is 1. The van der Waals surface area contributed by atoms with Crippen molar-refractivity contribution in [1.82, 2.24) is 14.2 Å². The highest BCUT2D eigenvalue weighted by atomic mass is 32.2. The quantitative estimate of drug-likeness (QED) is 0.572. The molecule has 0 spiro atoms. The van der Waals surface area contributed by atoms with Gasteiger partial charge in [-0.2, -0.15) is 4.31 Å². The van der Waals surface area contributed by atoms with E-state index in [2.05, 4.69) is 4.98 Å². The van der Waals surface area contributed by atoms with E-state index in [1.165, 1.54) is 16.4 Å². The number of piperazine rings is 1. The smallest absolute Gasteiger partial charge is 0.305 e. The Morgan fingerprint density at radius 1 is 1.09 bits per heavy atom. The second kappa shape index (κ2) is 9.46. The highest BCUT2D eigenvalue weighted by molar-refractivity contribution is 7.91. The summed E-state index contributed by atoms with van der Waals surface area (Å²) in [6, 6.07) is 12.7. The summed E-state index contributed by atoms with van der Waals surface area (Å²) in [6.07, 6.45) is 0. The van der Waals surface area contributed by atoms with Crippen molar-refractivity contribution in [3.63, 3.8) is 0 Å². The maximum atomic E-state index is 13.1. The van der Waals surface area contributed by atoms with E-state index in [0.29, 0.717) is 28.3 Å². The third kappa shape index (κ3) is 5.00. The molecule has 0 atom stereocenters. The molecule has 8 nitrogen and oxygen atoms in total. The number of H-pyrrole nitrogens is 1. The summed E-state index contributed by atoms with van der Waals surface area (Å²) in [4.78, 5) is 28.3. The van der Waals surface area contributed by atoms with Crippen LogP contribution in [-0.2, 0) is 16.6 Å². The molecule has 3 aromatic rings. The fourth-order valence-electron chi connectivity index (χ4n) is 3.57. The van der Waals surface area contributed by atoms with Crippen molar-refractivity contribution in [1.29, 1.82) is 0 Å². The highest BCUT2D eigenvalue weighted by Gasteiger charge is 2.33. The number of para-hydroxylation sites is 1. The Balaban J connectivity index is 1.43. The van der Waals surface area contributed by atoms with Crippen molar-refractivity contribution >= 4 is 27.3 Å². The molecule has 11 heteroatoms. The third-order valence-electron chi connectivity index (χ3n) is 5.31. The molecule has 1 saturated heterocycles. The van der Waals surface area contributed by atoms with Gasteiger partial charge in [-0.1, -0.05) is 35.6 Å². The number of halogens is 1. The summed E-state index contributed by atoms with van der Waals surface area (Å²) in [5, 5.41) is 0. The molecule has 2 aromatic carbocycles. The minimum Gasteiger partial charge on any atom is -0.488 e. The molecule has 0 aliphatic carbocycles. The molecule has 1 aliphatic rings. The molecule has 1 aromatic heterocycles. The molecule has 4 rings (SSSR count). The molecule has 0 saturated carbocycles. The first-order chi connectivity index (χ1) is 15.8. The average Bonchev–Trinajstić information content (AvgIpc) is 3.17. The Labute approximate surface area is 194 Å². The number of aryl methyl sites for hydroxylation is 1. The van der Waals surface area contributed by atoms with E-state index in [1.807, 2.05) is 0 Å². The second-order valence-electron chi connectivity index (χ2n) is 7.53. The van der Waals surface area contributed by atoms with Gasteiger partial charge in [-0.3, -0.25) is 9.59 Å². The molecular weight excluding hydrogens is 469 g/mol. The zero-order valence-electron chi connectivity index (χ0n) is 17.8. The van der Waals surface area contributed by atoms with Gasteiger partial charge < -0.3 is 14.6 Å². The lowest BCUT2D eigenvalue weighted by Crippen LogP contribution is -2.50. The van der Waals surface area contributed by atoms with Gasteiger partial charge in [0.05, 0.1) is 5.56 Å². The van der Waals surface area contributed by atoms with Crippen LogP contribution in [0.15, 0.2) is 57.5 Å². The Morgan fingerprint density at radius 2 is 1.76 bits per heavy atom. The molecule has 0 bridgehead atoms. The molecule has 33 heavy (non-hydrogen) atoms. The molecule has 1 aliphatic heterocycles. The van der Waals surface area contributed by atoms with Gasteiger partial charge in [0, 0.05) is 31.9 Å². The van der Waals surface area contributed by atoms with E-state index in [1.54, 1.807) is 48.2 Å². The number of carbonyl (C=O) groups excluding carboxylic acids is 1. The van der Waals surface area contributed by atoms with E-state index in [4.69, 9.17) is 4.74 Å². The molecule has 174 valence electrons. The summed E-state index contributed by atoms with van der Waals surface area (Å²) < 4.78 is 46.0. The largest absolute Gasteiger partial charge is 0.488 e. The van der Waals surface area contributed by atoms with Crippen LogP contribution in [0.3, 0.4) is 0 Å². The zero-order valence-corrected chi connectivity index (χ0v) is 19.4. The second-order valence-corrected chi connectivity index (χ2v) is 10.7. The van der Waals surface area contributed by atoms with Crippen LogP contribution >= 0.6 is 11.3 Å². The SMILES string of the molecule is Cc1[nH]c(=O)sc1S(=O)(=O)N1CCN(C(=O)c2ccccc2OCc2ccc(F)cc2)CC1. The number of aromatic amines is 1. The number of hydrogen-bond acceptors (Lipinski definition) is 6. The molecule has 1 amide bonds. The number of hydrogen-bond donors (Lipinski definition) is 1. The van der Waals surface area contributed by atoms with Gasteiger partial charge in [0.1, 0.15) is 18.2 Å². The first-order valence-corrected chi connectivity index (χ1v) is 12.5. The lowest BCUT2D eigenvalue weighted by atomic mass is 10.1. The number of thiazole rings is 1. The minimum absolute atomic E-state index is 0.00631. The minimum atomic E-state index is -3.80. The maximum absolute atomic E-state index is 13.1. The Kier molecular flexibility index (Phi) is 6.63. The number of rotatable bonds is 6. The predicted octanol–water partition coefficient (Wildman–Crippen LogP) is 2.61. The van der Waals surface area contributed by atoms with Crippen LogP contribution < -0.4 is 9.61 Å².